The van der Waals surface area contributed by atoms with Gasteiger partial charge >= 0.3 is 0 Å². The second-order valence-electron chi connectivity index (χ2n) is 4.32. The van der Waals surface area contributed by atoms with Crippen LogP contribution in [0.15, 0.2) is 18.2 Å². The molecule has 0 bridgehead atoms. The van der Waals surface area contributed by atoms with Gasteiger partial charge in [-0.25, -0.2) is 4.68 Å². The predicted molar refractivity (Wildman–Crippen MR) is 69.0 cm³/mol. The third kappa shape index (κ3) is 2.33. The van der Waals surface area contributed by atoms with Gasteiger partial charge in [0.05, 0.1) is 12.6 Å². The SMILES string of the molecule is COCC(C)n1nnnc1-c1ccc(N)c(C)c1. The molecule has 2 aromatic rings. The molecule has 1 aromatic carbocycles. The first-order valence-electron chi connectivity index (χ1n) is 5.76. The highest BCUT2D eigenvalue weighted by Gasteiger charge is 2.14. The first-order valence-corrected chi connectivity index (χ1v) is 5.76. The predicted octanol–water partition coefficient (Wildman–Crippen LogP) is 1.44. The normalized spacial score (nSPS) is 12.6. The summed E-state index contributed by atoms with van der Waals surface area (Å²) >= 11 is 0. The molecule has 2 N–H and O–H groups in total. The molecule has 0 fully saturated rings. The fourth-order valence-corrected chi connectivity index (χ4v) is 1.81. The van der Waals surface area contributed by atoms with E-state index in [2.05, 4.69) is 15.5 Å². The van der Waals surface area contributed by atoms with E-state index in [4.69, 9.17) is 10.5 Å². The first-order chi connectivity index (χ1) is 8.63. The van der Waals surface area contributed by atoms with Crippen LogP contribution in [0.2, 0.25) is 0 Å². The maximum absolute atomic E-state index is 5.81. The molecule has 1 aromatic heterocycles. The first kappa shape index (κ1) is 12.5. The minimum absolute atomic E-state index is 0.0814. The Hall–Kier alpha value is -1.95. The summed E-state index contributed by atoms with van der Waals surface area (Å²) in [5.74, 6) is 0.725. The standard InChI is InChI=1S/C12H17N5O/c1-8-6-10(4-5-11(8)13)12-14-15-16-17(12)9(2)7-18-3/h4-6,9H,7,13H2,1-3H3. The van der Waals surface area contributed by atoms with Crippen molar-refractivity contribution < 1.29 is 4.74 Å². The van der Waals surface area contributed by atoms with Gasteiger partial charge in [-0.3, -0.25) is 0 Å². The molecule has 1 unspecified atom stereocenters. The third-order valence-corrected chi connectivity index (χ3v) is 2.85. The van der Waals surface area contributed by atoms with Gasteiger partial charge in [-0.2, -0.15) is 0 Å². The van der Waals surface area contributed by atoms with Gasteiger partial charge in [-0.15, -0.1) is 5.10 Å². The fraction of sp³-hybridized carbons (Fsp3) is 0.417. The summed E-state index contributed by atoms with van der Waals surface area (Å²) in [6.07, 6.45) is 0. The lowest BCUT2D eigenvalue weighted by molar-refractivity contribution is 0.156. The van der Waals surface area contributed by atoms with Crippen molar-refractivity contribution in [2.75, 3.05) is 19.5 Å². The zero-order valence-corrected chi connectivity index (χ0v) is 10.8. The lowest BCUT2D eigenvalue weighted by atomic mass is 10.1. The molecule has 1 atom stereocenters. The number of nitrogens with two attached hydrogens (primary N) is 1. The van der Waals surface area contributed by atoms with Gasteiger partial charge in [-0.1, -0.05) is 0 Å². The molecule has 0 spiro atoms. The number of nitrogens with zero attached hydrogens (tertiary/aromatic N) is 4. The van der Waals surface area contributed by atoms with E-state index in [9.17, 15) is 0 Å². The van der Waals surface area contributed by atoms with Crippen molar-refractivity contribution in [3.05, 3.63) is 23.8 Å². The second-order valence-corrected chi connectivity index (χ2v) is 4.32. The van der Waals surface area contributed by atoms with Crippen molar-refractivity contribution in [2.24, 2.45) is 0 Å². The average Bonchev–Trinajstić information content (AvgIpc) is 2.82. The van der Waals surface area contributed by atoms with Crippen molar-refractivity contribution in [1.82, 2.24) is 20.2 Å². The van der Waals surface area contributed by atoms with E-state index in [1.54, 1.807) is 11.8 Å². The Bertz CT molecular complexity index is 537. The number of hydrogen-bond donors (Lipinski definition) is 1. The van der Waals surface area contributed by atoms with Crippen molar-refractivity contribution in [2.45, 2.75) is 19.9 Å². The maximum atomic E-state index is 5.81. The van der Waals surface area contributed by atoms with Gasteiger partial charge in [0.15, 0.2) is 5.82 Å². The molecule has 0 aliphatic heterocycles. The number of anilines is 1. The van der Waals surface area contributed by atoms with Crippen molar-refractivity contribution >= 4 is 5.69 Å². The lowest BCUT2D eigenvalue weighted by Crippen LogP contribution is -2.14. The minimum Gasteiger partial charge on any atom is -0.399 e. The van der Waals surface area contributed by atoms with Gasteiger partial charge in [0, 0.05) is 18.4 Å². The van der Waals surface area contributed by atoms with Gasteiger partial charge in [0.2, 0.25) is 0 Å². The highest BCUT2D eigenvalue weighted by Crippen LogP contribution is 2.22. The fourth-order valence-electron chi connectivity index (χ4n) is 1.81. The molecule has 6 heteroatoms. The Kier molecular flexibility index (Phi) is 3.57. The zero-order chi connectivity index (χ0) is 13.1. The monoisotopic (exact) mass is 247 g/mol. The van der Waals surface area contributed by atoms with Crippen LogP contribution in [-0.2, 0) is 4.74 Å². The molecular weight excluding hydrogens is 230 g/mol. The summed E-state index contributed by atoms with van der Waals surface area (Å²) in [7, 11) is 1.66. The van der Waals surface area contributed by atoms with Gasteiger partial charge in [-0.05, 0) is 48.0 Å². The second kappa shape index (κ2) is 5.14. The topological polar surface area (TPSA) is 78.8 Å². The molecule has 2 rings (SSSR count). The Morgan fingerprint density at radius 1 is 1.44 bits per heavy atom. The van der Waals surface area contributed by atoms with Crippen LogP contribution in [0.3, 0.4) is 0 Å². The van der Waals surface area contributed by atoms with Crippen molar-refractivity contribution in [3.8, 4) is 11.4 Å². The van der Waals surface area contributed by atoms with Crippen LogP contribution in [0.1, 0.15) is 18.5 Å². The van der Waals surface area contributed by atoms with Crippen LogP contribution in [0.25, 0.3) is 11.4 Å². The zero-order valence-electron chi connectivity index (χ0n) is 10.8. The summed E-state index contributed by atoms with van der Waals surface area (Å²) in [4.78, 5) is 0. The number of methoxy groups -OCH3 is 1. The Balaban J connectivity index is 2.39. The molecule has 0 radical (unpaired) electrons. The van der Waals surface area contributed by atoms with Crippen LogP contribution >= 0.6 is 0 Å². The van der Waals surface area contributed by atoms with E-state index in [0.29, 0.717) is 6.61 Å². The smallest absolute Gasteiger partial charge is 0.182 e. The molecule has 0 aliphatic rings. The molecule has 0 aliphatic carbocycles. The van der Waals surface area contributed by atoms with E-state index in [1.165, 1.54) is 0 Å². The van der Waals surface area contributed by atoms with Gasteiger partial charge in [0.25, 0.3) is 0 Å². The van der Waals surface area contributed by atoms with E-state index in [0.717, 1.165) is 22.6 Å². The number of tetrazole rings is 1. The Morgan fingerprint density at radius 3 is 2.89 bits per heavy atom. The summed E-state index contributed by atoms with van der Waals surface area (Å²) in [6.45, 7) is 4.53. The molecular formula is C12H17N5O. The molecule has 0 saturated heterocycles. The number of ether oxygens (including phenoxy) is 1. The van der Waals surface area contributed by atoms with E-state index in [-0.39, 0.29) is 6.04 Å². The highest BCUT2D eigenvalue weighted by atomic mass is 16.5. The molecule has 18 heavy (non-hydrogen) atoms. The molecule has 6 nitrogen and oxygen atoms in total. The van der Waals surface area contributed by atoms with Gasteiger partial charge < -0.3 is 10.5 Å². The number of rotatable bonds is 4. The summed E-state index contributed by atoms with van der Waals surface area (Å²) in [6, 6.07) is 5.85. The van der Waals surface area contributed by atoms with Crippen molar-refractivity contribution in [3.63, 3.8) is 0 Å². The van der Waals surface area contributed by atoms with Crippen LogP contribution in [0.5, 0.6) is 0 Å². The third-order valence-electron chi connectivity index (χ3n) is 2.85. The van der Waals surface area contributed by atoms with Crippen molar-refractivity contribution in [1.29, 1.82) is 0 Å². The summed E-state index contributed by atoms with van der Waals surface area (Å²) in [5.41, 5.74) is 8.54. The van der Waals surface area contributed by atoms with Crippen LogP contribution in [0, 0.1) is 6.92 Å². The number of aromatic nitrogens is 4. The Labute approximate surface area is 106 Å². The summed E-state index contributed by atoms with van der Waals surface area (Å²) in [5, 5.41) is 11.8. The largest absolute Gasteiger partial charge is 0.399 e. The van der Waals surface area contributed by atoms with E-state index >= 15 is 0 Å². The lowest BCUT2D eigenvalue weighted by Gasteiger charge is -2.12. The molecule has 0 amide bonds. The number of aryl methyl sites for hydroxylation is 1. The van der Waals surface area contributed by atoms with Crippen LogP contribution in [-0.4, -0.2) is 33.9 Å². The Morgan fingerprint density at radius 2 is 2.22 bits per heavy atom. The average molecular weight is 247 g/mol. The quantitative estimate of drug-likeness (QED) is 0.827. The van der Waals surface area contributed by atoms with Gasteiger partial charge in [0.1, 0.15) is 0 Å². The van der Waals surface area contributed by atoms with E-state index < -0.39 is 0 Å². The number of nitrogen functional groups attached to an aromatic ring is 1. The number of benzene rings is 1. The summed E-state index contributed by atoms with van der Waals surface area (Å²) < 4.78 is 6.88. The number of hydrogen-bond acceptors (Lipinski definition) is 5. The molecule has 96 valence electrons. The molecule has 1 heterocycles. The van der Waals surface area contributed by atoms with Crippen LogP contribution in [0.4, 0.5) is 5.69 Å². The highest BCUT2D eigenvalue weighted by molar-refractivity contribution is 5.61. The minimum atomic E-state index is 0.0814. The maximum Gasteiger partial charge on any atom is 0.182 e. The van der Waals surface area contributed by atoms with Crippen LogP contribution < -0.4 is 5.73 Å². The molecule has 0 saturated carbocycles. The van der Waals surface area contributed by atoms with E-state index in [1.807, 2.05) is 32.0 Å².